The van der Waals surface area contributed by atoms with Crippen molar-refractivity contribution in [1.29, 1.82) is 0 Å². The third-order valence-corrected chi connectivity index (χ3v) is 5.25. The van der Waals surface area contributed by atoms with Crippen LogP contribution in [0.3, 0.4) is 0 Å². The van der Waals surface area contributed by atoms with Crippen LogP contribution in [0.4, 0.5) is 5.69 Å². The van der Waals surface area contributed by atoms with E-state index in [1.807, 2.05) is 41.7 Å². The highest BCUT2D eigenvalue weighted by atomic mass is 16.5. The summed E-state index contributed by atoms with van der Waals surface area (Å²) in [4.78, 5) is 30.1. The topological polar surface area (TPSA) is 98.1 Å². The van der Waals surface area contributed by atoms with Gasteiger partial charge in [-0.3, -0.25) is 9.59 Å². The lowest BCUT2D eigenvalue weighted by Gasteiger charge is -2.21. The van der Waals surface area contributed by atoms with E-state index >= 15 is 0 Å². The van der Waals surface area contributed by atoms with Gasteiger partial charge >= 0.3 is 0 Å². The van der Waals surface area contributed by atoms with Crippen molar-refractivity contribution in [3.8, 4) is 5.88 Å². The average Bonchev–Trinajstić information content (AvgIpc) is 3.02. The van der Waals surface area contributed by atoms with Crippen molar-refractivity contribution in [2.45, 2.75) is 53.0 Å². The Balaban J connectivity index is 1.78. The fourth-order valence-corrected chi connectivity index (χ4v) is 3.76. The third-order valence-electron chi connectivity index (χ3n) is 5.25. The van der Waals surface area contributed by atoms with Gasteiger partial charge in [-0.15, -0.1) is 5.10 Å². The smallest absolute Gasteiger partial charge is 0.253 e. The first-order valence-electron chi connectivity index (χ1n) is 10.6. The maximum absolute atomic E-state index is 12.8. The number of carbonyl (C=O) groups excluding carboxylic acids is 2. The van der Waals surface area contributed by atoms with Gasteiger partial charge in [0.2, 0.25) is 11.8 Å². The molecule has 0 aliphatic carbocycles. The molecule has 170 valence electrons. The fourth-order valence-electron chi connectivity index (χ4n) is 3.76. The summed E-state index contributed by atoms with van der Waals surface area (Å²) < 4.78 is 7.11. The zero-order chi connectivity index (χ0) is 23.6. The Morgan fingerprint density at radius 1 is 1.16 bits per heavy atom. The summed E-state index contributed by atoms with van der Waals surface area (Å²) in [5.74, 6) is 0.133. The number of nitrogens with one attached hydrogen (secondary N) is 2. The van der Waals surface area contributed by atoms with Gasteiger partial charge in [0.25, 0.3) is 5.91 Å². The van der Waals surface area contributed by atoms with Crippen LogP contribution in [0.1, 0.15) is 54.4 Å². The number of amides is 2. The minimum atomic E-state index is -0.373. The molecule has 8 nitrogen and oxygen atoms in total. The number of benzene rings is 1. The number of aromatic nitrogens is 3. The zero-order valence-corrected chi connectivity index (χ0v) is 19.8. The lowest BCUT2D eigenvalue weighted by Crippen LogP contribution is -2.40. The maximum Gasteiger partial charge on any atom is 0.253 e. The van der Waals surface area contributed by atoms with E-state index in [1.54, 1.807) is 36.1 Å². The third kappa shape index (κ3) is 4.90. The largest absolute Gasteiger partial charge is 0.479 e. The minimum absolute atomic E-state index is 0.168. The lowest BCUT2D eigenvalue weighted by molar-refractivity contribution is -0.116. The molecule has 3 aromatic rings. The van der Waals surface area contributed by atoms with E-state index in [9.17, 15) is 9.59 Å². The second-order valence-corrected chi connectivity index (χ2v) is 8.93. The summed E-state index contributed by atoms with van der Waals surface area (Å²) in [7, 11) is 3.42. The number of rotatable bonds is 6. The number of hydrogen-bond donors (Lipinski definition) is 2. The fraction of sp³-hybridized carbons (Fsp3) is 0.417. The van der Waals surface area contributed by atoms with Crippen molar-refractivity contribution in [3.05, 3.63) is 46.6 Å². The Hall–Kier alpha value is -3.42. The summed E-state index contributed by atoms with van der Waals surface area (Å²) in [5.41, 5.74) is 4.18. The van der Waals surface area contributed by atoms with E-state index in [-0.39, 0.29) is 23.8 Å². The molecule has 0 saturated carbocycles. The van der Waals surface area contributed by atoms with E-state index in [1.165, 1.54) is 0 Å². The second kappa shape index (κ2) is 8.98. The maximum atomic E-state index is 12.8. The van der Waals surface area contributed by atoms with Crippen LogP contribution in [-0.4, -0.2) is 39.2 Å². The average molecular weight is 438 g/mol. The van der Waals surface area contributed by atoms with Crippen LogP contribution in [0, 0.1) is 13.8 Å². The number of anilines is 1. The van der Waals surface area contributed by atoms with Crippen LogP contribution in [-0.2, 0) is 18.3 Å². The van der Waals surface area contributed by atoms with Crippen molar-refractivity contribution in [3.63, 3.8) is 0 Å². The van der Waals surface area contributed by atoms with Crippen LogP contribution < -0.4 is 15.4 Å². The first-order valence-corrected chi connectivity index (χ1v) is 10.6. The van der Waals surface area contributed by atoms with E-state index in [2.05, 4.69) is 20.7 Å². The molecule has 8 heteroatoms. The molecule has 0 atom stereocenters. The number of aryl methyl sites for hydroxylation is 3. The number of carbonyl (C=O) groups is 2. The van der Waals surface area contributed by atoms with Gasteiger partial charge in [-0.25, -0.2) is 9.67 Å². The Labute approximate surface area is 188 Å². The first-order chi connectivity index (χ1) is 15.0. The number of methoxy groups -OCH3 is 1. The highest BCUT2D eigenvalue weighted by molar-refractivity contribution is 6.04. The molecule has 0 spiro atoms. The molecule has 3 rings (SSSR count). The van der Waals surface area contributed by atoms with Gasteiger partial charge in [-0.05, 0) is 64.3 Å². The molecule has 0 aliphatic heterocycles. The molecule has 2 amide bonds. The monoisotopic (exact) mass is 437 g/mol. The number of para-hydroxylation sites is 1. The number of fused-ring (bicyclic) bond motifs is 1. The highest BCUT2D eigenvalue weighted by Gasteiger charge is 2.20. The molecular formula is C24H31N5O3. The molecule has 0 radical (unpaired) electrons. The summed E-state index contributed by atoms with van der Waals surface area (Å²) in [6, 6.07) is 7.02. The number of hydrogen-bond acceptors (Lipinski definition) is 5. The predicted molar refractivity (Wildman–Crippen MR) is 125 cm³/mol. The number of pyridine rings is 1. The minimum Gasteiger partial charge on any atom is -0.479 e. The molecule has 32 heavy (non-hydrogen) atoms. The van der Waals surface area contributed by atoms with Gasteiger partial charge in [0.1, 0.15) is 0 Å². The lowest BCUT2D eigenvalue weighted by atomic mass is 10.00. The molecule has 2 heterocycles. The SMILES string of the molecule is COc1nn(C)c2nc(C)c(CCC(=O)Nc3ccccc3C(=O)NC(C)(C)C)c(C)c12. The molecule has 0 bridgehead atoms. The Bertz CT molecular complexity index is 1170. The van der Waals surface area contributed by atoms with Crippen LogP contribution in [0.2, 0.25) is 0 Å². The molecule has 2 N–H and O–H groups in total. The van der Waals surface area contributed by atoms with Crippen molar-refractivity contribution in [1.82, 2.24) is 20.1 Å². The van der Waals surface area contributed by atoms with Gasteiger partial charge < -0.3 is 15.4 Å². The van der Waals surface area contributed by atoms with E-state index in [0.29, 0.717) is 23.6 Å². The molecule has 1 aromatic carbocycles. The Morgan fingerprint density at radius 3 is 2.50 bits per heavy atom. The van der Waals surface area contributed by atoms with Crippen LogP contribution >= 0.6 is 0 Å². The van der Waals surface area contributed by atoms with Crippen LogP contribution in [0.25, 0.3) is 11.0 Å². The summed E-state index contributed by atoms with van der Waals surface area (Å²) in [5, 5.41) is 11.1. The van der Waals surface area contributed by atoms with Crippen molar-refractivity contribution in [2.24, 2.45) is 7.05 Å². The van der Waals surface area contributed by atoms with Crippen LogP contribution in [0.5, 0.6) is 5.88 Å². The molecule has 2 aromatic heterocycles. The summed E-state index contributed by atoms with van der Waals surface area (Å²) in [6.45, 7) is 9.68. The van der Waals surface area contributed by atoms with Crippen molar-refractivity contribution >= 4 is 28.5 Å². The normalized spacial score (nSPS) is 11.5. The van der Waals surface area contributed by atoms with Crippen molar-refractivity contribution < 1.29 is 14.3 Å². The van der Waals surface area contributed by atoms with Gasteiger partial charge in [-0.2, -0.15) is 0 Å². The zero-order valence-electron chi connectivity index (χ0n) is 19.8. The van der Waals surface area contributed by atoms with Crippen LogP contribution in [0.15, 0.2) is 24.3 Å². The Kier molecular flexibility index (Phi) is 6.52. The van der Waals surface area contributed by atoms with Gasteiger partial charge in [0, 0.05) is 24.7 Å². The second-order valence-electron chi connectivity index (χ2n) is 8.93. The van der Waals surface area contributed by atoms with E-state index in [0.717, 1.165) is 27.9 Å². The van der Waals surface area contributed by atoms with E-state index in [4.69, 9.17) is 4.74 Å². The molecule has 0 aliphatic rings. The van der Waals surface area contributed by atoms with Crippen molar-refractivity contribution in [2.75, 3.05) is 12.4 Å². The summed E-state index contributed by atoms with van der Waals surface area (Å²) >= 11 is 0. The molecular weight excluding hydrogens is 406 g/mol. The predicted octanol–water partition coefficient (Wildman–Crippen LogP) is 3.69. The van der Waals surface area contributed by atoms with Gasteiger partial charge in [0.15, 0.2) is 5.65 Å². The van der Waals surface area contributed by atoms with E-state index < -0.39 is 0 Å². The molecule has 0 unspecified atom stereocenters. The molecule has 0 fully saturated rings. The summed E-state index contributed by atoms with van der Waals surface area (Å²) in [6.07, 6.45) is 0.771. The van der Waals surface area contributed by atoms with Gasteiger partial charge in [-0.1, -0.05) is 12.1 Å². The Morgan fingerprint density at radius 2 is 1.84 bits per heavy atom. The molecule has 0 saturated heterocycles. The number of nitrogens with zero attached hydrogens (tertiary/aromatic N) is 3. The first kappa shape index (κ1) is 23.2. The highest BCUT2D eigenvalue weighted by Crippen LogP contribution is 2.30. The van der Waals surface area contributed by atoms with Gasteiger partial charge in [0.05, 0.1) is 23.7 Å². The quantitative estimate of drug-likeness (QED) is 0.613. The number of ether oxygens (including phenoxy) is 1. The standard InChI is InChI=1S/C24H31N5O3/c1-14-16(15(2)25-21-20(14)23(32-7)28-29(21)6)12-13-19(30)26-18-11-9-8-10-17(18)22(31)27-24(3,4)5/h8-11H,12-13H2,1-7H3,(H,26,30)(H,27,31).